The Bertz CT molecular complexity index is 671. The molecule has 2 heterocycles. The Morgan fingerprint density at radius 3 is 2.71 bits per heavy atom. The maximum Gasteiger partial charge on any atom is 0.422 e. The Kier molecular flexibility index (Phi) is 4.96. The van der Waals surface area contributed by atoms with Crippen LogP contribution in [0.15, 0.2) is 35.2 Å². The summed E-state index contributed by atoms with van der Waals surface area (Å²) in [4.78, 5) is 20.2. The number of aromatic nitrogens is 1. The van der Waals surface area contributed by atoms with Crippen molar-refractivity contribution in [1.82, 2.24) is 9.88 Å². The van der Waals surface area contributed by atoms with E-state index in [1.165, 1.54) is 18.3 Å². The molecule has 0 spiro atoms. The van der Waals surface area contributed by atoms with Crippen molar-refractivity contribution in [1.29, 1.82) is 0 Å². The van der Waals surface area contributed by atoms with Gasteiger partial charge in [-0.2, -0.15) is 13.2 Å². The molecule has 1 aliphatic heterocycles. The second-order valence-electron chi connectivity index (χ2n) is 5.04. The Hall–Kier alpha value is -2.78. The lowest BCUT2D eigenvalue weighted by Gasteiger charge is -2.32. The maximum absolute atomic E-state index is 12.1. The summed E-state index contributed by atoms with van der Waals surface area (Å²) in [5.41, 5.74) is 6.38. The Morgan fingerprint density at radius 2 is 2.21 bits per heavy atom. The lowest BCUT2D eigenvalue weighted by molar-refractivity contribution is -0.154. The summed E-state index contributed by atoms with van der Waals surface area (Å²) in [6, 6.07) is 2.59. The van der Waals surface area contributed by atoms with Crippen LogP contribution in [0.2, 0.25) is 0 Å². The number of alkyl halides is 3. The Morgan fingerprint density at radius 1 is 1.50 bits per heavy atom. The van der Waals surface area contributed by atoms with E-state index >= 15 is 0 Å². The molecule has 24 heavy (non-hydrogen) atoms. The Balaban J connectivity index is 2.04. The van der Waals surface area contributed by atoms with E-state index in [1.807, 2.05) is 0 Å². The third-order valence-electron chi connectivity index (χ3n) is 3.32. The van der Waals surface area contributed by atoms with Crippen LogP contribution < -0.4 is 10.5 Å². The molecule has 1 unspecified atom stereocenters. The average Bonchev–Trinajstić information content (AvgIpc) is 2.52. The van der Waals surface area contributed by atoms with Gasteiger partial charge in [-0.05, 0) is 12.5 Å². The van der Waals surface area contributed by atoms with Gasteiger partial charge in [0, 0.05) is 18.3 Å². The molecule has 130 valence electrons. The molecule has 0 aromatic carbocycles. The zero-order valence-corrected chi connectivity index (χ0v) is 12.6. The monoisotopic (exact) mass is 344 g/mol. The largest absolute Gasteiger partial charge is 0.477 e. The summed E-state index contributed by atoms with van der Waals surface area (Å²) in [6.07, 6.45) is -1.81. The molecule has 1 atom stereocenters. The van der Waals surface area contributed by atoms with Gasteiger partial charge in [-0.1, -0.05) is 6.07 Å². The van der Waals surface area contributed by atoms with Crippen LogP contribution in [-0.2, 0) is 4.79 Å². The summed E-state index contributed by atoms with van der Waals surface area (Å²) in [5, 5.41) is 8.88. The highest BCUT2D eigenvalue weighted by Gasteiger charge is 2.28. The van der Waals surface area contributed by atoms with E-state index in [1.54, 1.807) is 17.9 Å². The molecule has 1 aromatic rings. The molecule has 0 radical (unpaired) electrons. The molecule has 0 saturated heterocycles. The number of nitrogens with two attached hydrogens (primary N) is 1. The van der Waals surface area contributed by atoms with Gasteiger partial charge in [0.1, 0.15) is 18.2 Å². The van der Waals surface area contributed by atoms with E-state index in [4.69, 9.17) is 10.8 Å². The zero-order chi connectivity index (χ0) is 17.9. The molecule has 1 aromatic heterocycles. The van der Waals surface area contributed by atoms with Gasteiger partial charge in [0.25, 0.3) is 0 Å². The molecule has 0 fully saturated rings. The lowest BCUT2D eigenvalue weighted by atomic mass is 10.1. The highest BCUT2D eigenvalue weighted by Crippen LogP contribution is 2.25. The molecular weight excluding hydrogens is 329 g/mol. The van der Waals surface area contributed by atoms with Gasteiger partial charge >= 0.3 is 12.1 Å². The van der Waals surface area contributed by atoms with Crippen molar-refractivity contribution in [3.63, 3.8) is 0 Å². The van der Waals surface area contributed by atoms with E-state index in [0.29, 0.717) is 5.56 Å². The number of carboxylic acids is 1. The van der Waals surface area contributed by atoms with Crippen LogP contribution in [-0.4, -0.2) is 46.1 Å². The van der Waals surface area contributed by atoms with Gasteiger partial charge in [-0.3, -0.25) is 4.99 Å². The SMILES string of the molecule is CC(c1ccc(OCC(F)(F)F)nc1)N1CN=C(C(=O)O)C=C1N. The van der Waals surface area contributed by atoms with E-state index in [2.05, 4.69) is 14.7 Å². The van der Waals surface area contributed by atoms with E-state index in [-0.39, 0.29) is 30.1 Å². The van der Waals surface area contributed by atoms with E-state index in [9.17, 15) is 18.0 Å². The molecule has 0 bridgehead atoms. The average molecular weight is 344 g/mol. The molecular formula is C14H15F3N4O3. The molecule has 0 aliphatic carbocycles. The normalized spacial score (nSPS) is 16.2. The maximum atomic E-state index is 12.1. The van der Waals surface area contributed by atoms with Crippen LogP contribution in [0.4, 0.5) is 13.2 Å². The van der Waals surface area contributed by atoms with Crippen molar-refractivity contribution >= 4 is 11.7 Å². The van der Waals surface area contributed by atoms with Crippen molar-refractivity contribution in [2.24, 2.45) is 10.7 Å². The highest BCUT2D eigenvalue weighted by molar-refractivity contribution is 6.40. The number of carboxylic acid groups (broad SMARTS) is 1. The highest BCUT2D eigenvalue weighted by atomic mass is 19.4. The minimum Gasteiger partial charge on any atom is -0.477 e. The number of nitrogens with zero attached hydrogens (tertiary/aromatic N) is 3. The van der Waals surface area contributed by atoms with Crippen LogP contribution >= 0.6 is 0 Å². The number of aliphatic carboxylic acids is 1. The van der Waals surface area contributed by atoms with Crippen molar-refractivity contribution in [3.8, 4) is 5.88 Å². The first-order valence-electron chi connectivity index (χ1n) is 6.84. The van der Waals surface area contributed by atoms with Gasteiger partial charge in [0.05, 0.1) is 6.04 Å². The predicted octanol–water partition coefficient (Wildman–Crippen LogP) is 1.68. The second kappa shape index (κ2) is 6.77. The minimum atomic E-state index is -4.43. The number of ether oxygens (including phenoxy) is 1. The first-order chi connectivity index (χ1) is 11.2. The van der Waals surface area contributed by atoms with Gasteiger partial charge < -0.3 is 20.5 Å². The third-order valence-corrected chi connectivity index (χ3v) is 3.32. The summed E-state index contributed by atoms with van der Waals surface area (Å²) >= 11 is 0. The lowest BCUT2D eigenvalue weighted by Crippen LogP contribution is -2.35. The summed E-state index contributed by atoms with van der Waals surface area (Å²) in [7, 11) is 0. The van der Waals surface area contributed by atoms with Gasteiger partial charge in [-0.25, -0.2) is 9.78 Å². The fourth-order valence-corrected chi connectivity index (χ4v) is 2.04. The van der Waals surface area contributed by atoms with Gasteiger partial charge in [0.2, 0.25) is 5.88 Å². The number of rotatable bonds is 5. The smallest absolute Gasteiger partial charge is 0.422 e. The molecule has 7 nitrogen and oxygen atoms in total. The van der Waals surface area contributed by atoms with Crippen LogP contribution in [0.25, 0.3) is 0 Å². The van der Waals surface area contributed by atoms with Crippen molar-refractivity contribution in [2.45, 2.75) is 19.1 Å². The Labute approximate surface area is 135 Å². The van der Waals surface area contributed by atoms with Crippen molar-refractivity contribution in [2.75, 3.05) is 13.3 Å². The summed E-state index contributed by atoms with van der Waals surface area (Å²) in [5.74, 6) is -1.08. The number of halogens is 3. The van der Waals surface area contributed by atoms with Crippen LogP contribution in [0.1, 0.15) is 18.5 Å². The fraction of sp³-hybridized carbons (Fsp3) is 0.357. The molecule has 2 rings (SSSR count). The van der Waals surface area contributed by atoms with Crippen LogP contribution in [0, 0.1) is 0 Å². The van der Waals surface area contributed by atoms with Gasteiger partial charge in [0.15, 0.2) is 6.61 Å². The number of pyridine rings is 1. The summed E-state index contributed by atoms with van der Waals surface area (Å²) in [6.45, 7) is 0.427. The molecule has 1 aliphatic rings. The fourth-order valence-electron chi connectivity index (χ4n) is 2.04. The molecule has 0 saturated carbocycles. The molecule has 10 heteroatoms. The standard InChI is InChI=1S/C14H15F3N4O3/c1-8(21-7-20-10(13(22)23)4-11(21)18)9-2-3-12(19-5-9)24-6-14(15,16)17/h2-5,8H,6-7,18H2,1H3,(H,22,23). The third kappa shape index (κ3) is 4.37. The van der Waals surface area contributed by atoms with Gasteiger partial charge in [-0.15, -0.1) is 0 Å². The molecule has 3 N–H and O–H groups in total. The predicted molar refractivity (Wildman–Crippen MR) is 78.2 cm³/mol. The van der Waals surface area contributed by atoms with E-state index < -0.39 is 18.8 Å². The number of hydrogen-bond acceptors (Lipinski definition) is 6. The van der Waals surface area contributed by atoms with Crippen LogP contribution in [0.5, 0.6) is 5.88 Å². The first-order valence-corrected chi connectivity index (χ1v) is 6.84. The van der Waals surface area contributed by atoms with Crippen molar-refractivity contribution < 1.29 is 27.8 Å². The first kappa shape index (κ1) is 17.6. The topological polar surface area (TPSA) is 101 Å². The summed E-state index contributed by atoms with van der Waals surface area (Å²) < 4.78 is 40.8. The number of aliphatic imine (C=N–C) groups is 1. The van der Waals surface area contributed by atoms with Crippen molar-refractivity contribution in [3.05, 3.63) is 35.8 Å². The second-order valence-corrected chi connectivity index (χ2v) is 5.04. The molecule has 0 amide bonds. The number of hydrogen-bond donors (Lipinski definition) is 2. The van der Waals surface area contributed by atoms with E-state index in [0.717, 1.165) is 0 Å². The zero-order valence-electron chi connectivity index (χ0n) is 12.6. The quantitative estimate of drug-likeness (QED) is 0.843. The number of carbonyl (C=O) groups is 1. The van der Waals surface area contributed by atoms with Crippen LogP contribution in [0.3, 0.4) is 0 Å². The minimum absolute atomic E-state index is 0.0530.